The number of amides is 1. The molecule has 4 aromatic rings. The molecule has 0 aliphatic rings. The molecule has 0 aliphatic heterocycles. The number of carbonyl (C=O) groups excluding carboxylic acids is 1. The van der Waals surface area contributed by atoms with Crippen LogP contribution in [0.1, 0.15) is 25.3 Å². The highest BCUT2D eigenvalue weighted by Crippen LogP contribution is 2.31. The Morgan fingerprint density at radius 2 is 1.66 bits per heavy atom. The smallest absolute Gasteiger partial charge is 0.234 e. The van der Waals surface area contributed by atoms with E-state index in [2.05, 4.69) is 29.4 Å². The number of nitrogens with one attached hydrogen (secondary N) is 1. The number of hydrogen-bond donors (Lipinski definition) is 1. The summed E-state index contributed by atoms with van der Waals surface area (Å²) in [6.07, 6.45) is 0. The molecule has 0 radical (unpaired) electrons. The maximum absolute atomic E-state index is 12.6. The van der Waals surface area contributed by atoms with Crippen molar-refractivity contribution in [2.24, 2.45) is 0 Å². The molecular weight excluding hydrogens is 440 g/mol. The van der Waals surface area contributed by atoms with Crippen molar-refractivity contribution in [2.75, 3.05) is 11.1 Å². The molecule has 0 atom stereocenters. The van der Waals surface area contributed by atoms with Gasteiger partial charge in [-0.15, -0.1) is 10.2 Å². The number of anilines is 1. The second kappa shape index (κ2) is 10.0. The molecular formula is C25H23ClN4OS. The van der Waals surface area contributed by atoms with E-state index in [1.165, 1.54) is 17.3 Å². The lowest BCUT2D eigenvalue weighted by Crippen LogP contribution is -2.14. The molecule has 1 amide bonds. The molecule has 0 saturated heterocycles. The van der Waals surface area contributed by atoms with E-state index in [9.17, 15) is 4.79 Å². The first-order valence-electron chi connectivity index (χ1n) is 10.3. The third kappa shape index (κ3) is 5.03. The number of rotatable bonds is 7. The van der Waals surface area contributed by atoms with E-state index < -0.39 is 0 Å². The molecule has 0 bridgehead atoms. The van der Waals surface area contributed by atoms with Gasteiger partial charge >= 0.3 is 0 Å². The Hall–Kier alpha value is -3.09. The number of aromatic nitrogens is 3. The minimum absolute atomic E-state index is 0.103. The van der Waals surface area contributed by atoms with Crippen LogP contribution >= 0.6 is 23.4 Å². The van der Waals surface area contributed by atoms with E-state index in [1.807, 2.05) is 83.4 Å². The number of hydrogen-bond acceptors (Lipinski definition) is 4. The quantitative estimate of drug-likeness (QED) is 0.321. The van der Waals surface area contributed by atoms with Crippen LogP contribution in [0.2, 0.25) is 5.02 Å². The average Bonchev–Trinajstić information content (AvgIpc) is 3.22. The lowest BCUT2D eigenvalue weighted by Gasteiger charge is -2.11. The number of thioether (sulfide) groups is 1. The fourth-order valence-electron chi connectivity index (χ4n) is 3.27. The number of para-hydroxylation sites is 1. The van der Waals surface area contributed by atoms with Gasteiger partial charge in [-0.25, -0.2) is 0 Å². The number of nitrogens with zero attached hydrogens (tertiary/aromatic N) is 3. The summed E-state index contributed by atoms with van der Waals surface area (Å²) in [5.41, 5.74) is 3.70. The lowest BCUT2D eigenvalue weighted by atomic mass is 10.0. The summed E-state index contributed by atoms with van der Waals surface area (Å²) in [5, 5.41) is 12.9. The van der Waals surface area contributed by atoms with Crippen molar-refractivity contribution in [3.63, 3.8) is 0 Å². The number of carbonyl (C=O) groups is 1. The van der Waals surface area contributed by atoms with Gasteiger partial charge in [-0.1, -0.05) is 79.7 Å². The van der Waals surface area contributed by atoms with Gasteiger partial charge in [-0.3, -0.25) is 9.36 Å². The Kier molecular flexibility index (Phi) is 6.93. The van der Waals surface area contributed by atoms with Crippen molar-refractivity contribution in [1.82, 2.24) is 14.8 Å². The molecule has 162 valence electrons. The van der Waals surface area contributed by atoms with E-state index in [-0.39, 0.29) is 11.7 Å². The molecule has 1 aromatic heterocycles. The van der Waals surface area contributed by atoms with Gasteiger partial charge < -0.3 is 5.32 Å². The third-order valence-electron chi connectivity index (χ3n) is 4.96. The second-order valence-electron chi connectivity index (χ2n) is 7.57. The molecule has 3 aromatic carbocycles. The van der Waals surface area contributed by atoms with Crippen LogP contribution in [0.25, 0.3) is 17.1 Å². The van der Waals surface area contributed by atoms with Gasteiger partial charge in [0.1, 0.15) is 0 Å². The fourth-order valence-corrected chi connectivity index (χ4v) is 4.24. The standard InChI is InChI=1S/C25H23ClN4OS/c1-17(2)18-12-14-19(15-13-18)27-23(31)16-32-25-29-28-24(21-10-6-7-11-22(21)26)30(25)20-8-4-3-5-9-20/h3-15,17H,16H2,1-2H3,(H,27,31). The van der Waals surface area contributed by atoms with Crippen LogP contribution in [0.5, 0.6) is 0 Å². The van der Waals surface area contributed by atoms with Crippen LogP contribution in [0.3, 0.4) is 0 Å². The normalized spacial score (nSPS) is 11.0. The van der Waals surface area contributed by atoms with E-state index in [0.29, 0.717) is 21.9 Å². The zero-order chi connectivity index (χ0) is 22.5. The molecule has 4 rings (SSSR count). The maximum atomic E-state index is 12.6. The third-order valence-corrected chi connectivity index (χ3v) is 6.21. The van der Waals surface area contributed by atoms with Crippen LogP contribution in [0.15, 0.2) is 84.0 Å². The van der Waals surface area contributed by atoms with Gasteiger partial charge in [0, 0.05) is 16.9 Å². The first kappa shape index (κ1) is 22.1. The van der Waals surface area contributed by atoms with Gasteiger partial charge in [0.25, 0.3) is 0 Å². The Balaban J connectivity index is 1.55. The van der Waals surface area contributed by atoms with Crippen molar-refractivity contribution >= 4 is 35.0 Å². The fraction of sp³-hybridized carbons (Fsp3) is 0.160. The predicted molar refractivity (Wildman–Crippen MR) is 132 cm³/mol. The first-order chi connectivity index (χ1) is 15.5. The minimum Gasteiger partial charge on any atom is -0.325 e. The van der Waals surface area contributed by atoms with Crippen LogP contribution in [0, 0.1) is 0 Å². The first-order valence-corrected chi connectivity index (χ1v) is 11.7. The van der Waals surface area contributed by atoms with Crippen molar-refractivity contribution in [3.05, 3.63) is 89.4 Å². The summed E-state index contributed by atoms with van der Waals surface area (Å²) < 4.78 is 1.93. The Morgan fingerprint density at radius 3 is 2.34 bits per heavy atom. The van der Waals surface area contributed by atoms with E-state index in [0.717, 1.165) is 16.9 Å². The summed E-state index contributed by atoms with van der Waals surface area (Å²) in [6.45, 7) is 4.29. The summed E-state index contributed by atoms with van der Waals surface area (Å²) in [5.74, 6) is 1.19. The zero-order valence-electron chi connectivity index (χ0n) is 17.8. The topological polar surface area (TPSA) is 59.8 Å². The number of halogens is 1. The Morgan fingerprint density at radius 1 is 0.969 bits per heavy atom. The molecule has 1 heterocycles. The molecule has 0 fully saturated rings. The van der Waals surface area contributed by atoms with Gasteiger partial charge in [-0.05, 0) is 47.9 Å². The van der Waals surface area contributed by atoms with Gasteiger partial charge in [0.05, 0.1) is 10.8 Å². The predicted octanol–water partition coefficient (Wildman–Crippen LogP) is 6.44. The van der Waals surface area contributed by atoms with E-state index in [1.54, 1.807) is 0 Å². The van der Waals surface area contributed by atoms with Crippen LogP contribution < -0.4 is 5.32 Å². The van der Waals surface area contributed by atoms with Gasteiger partial charge in [-0.2, -0.15) is 0 Å². The summed E-state index contributed by atoms with van der Waals surface area (Å²) in [4.78, 5) is 12.6. The number of benzene rings is 3. The van der Waals surface area contributed by atoms with E-state index >= 15 is 0 Å². The molecule has 7 heteroatoms. The largest absolute Gasteiger partial charge is 0.325 e. The summed E-state index contributed by atoms with van der Waals surface area (Å²) in [7, 11) is 0. The molecule has 0 spiro atoms. The summed E-state index contributed by atoms with van der Waals surface area (Å²) in [6, 6.07) is 25.3. The highest BCUT2D eigenvalue weighted by Gasteiger charge is 2.19. The maximum Gasteiger partial charge on any atom is 0.234 e. The van der Waals surface area contributed by atoms with Crippen LogP contribution in [-0.4, -0.2) is 26.4 Å². The average molecular weight is 463 g/mol. The van der Waals surface area contributed by atoms with E-state index in [4.69, 9.17) is 11.6 Å². The second-order valence-corrected chi connectivity index (χ2v) is 8.92. The van der Waals surface area contributed by atoms with Crippen molar-refractivity contribution in [3.8, 4) is 17.1 Å². The SMILES string of the molecule is CC(C)c1ccc(NC(=O)CSc2nnc(-c3ccccc3Cl)n2-c2ccccc2)cc1. The van der Waals surface area contributed by atoms with Gasteiger partial charge in [0.15, 0.2) is 11.0 Å². The van der Waals surface area contributed by atoms with Gasteiger partial charge in [0.2, 0.25) is 5.91 Å². The molecule has 0 unspecified atom stereocenters. The zero-order valence-corrected chi connectivity index (χ0v) is 19.4. The lowest BCUT2D eigenvalue weighted by molar-refractivity contribution is -0.113. The van der Waals surface area contributed by atoms with Crippen molar-refractivity contribution in [2.45, 2.75) is 24.9 Å². The monoisotopic (exact) mass is 462 g/mol. The molecule has 0 saturated carbocycles. The van der Waals surface area contributed by atoms with Crippen molar-refractivity contribution < 1.29 is 4.79 Å². The highest BCUT2D eigenvalue weighted by atomic mass is 35.5. The Labute approximate surface area is 196 Å². The van der Waals surface area contributed by atoms with Crippen LogP contribution in [0.4, 0.5) is 5.69 Å². The molecule has 32 heavy (non-hydrogen) atoms. The van der Waals surface area contributed by atoms with Crippen molar-refractivity contribution in [1.29, 1.82) is 0 Å². The minimum atomic E-state index is -0.103. The van der Waals surface area contributed by atoms with Crippen LogP contribution in [-0.2, 0) is 4.79 Å². The highest BCUT2D eigenvalue weighted by molar-refractivity contribution is 7.99. The molecule has 0 aliphatic carbocycles. The Bertz CT molecular complexity index is 1210. The molecule has 5 nitrogen and oxygen atoms in total. The summed E-state index contributed by atoms with van der Waals surface area (Å²) >= 11 is 7.76. The molecule has 1 N–H and O–H groups in total.